The number of nitrogens with one attached hydrogen (secondary N) is 2. The highest BCUT2D eigenvalue weighted by atomic mass is 16.2. The number of amides is 4. The van der Waals surface area contributed by atoms with Crippen molar-refractivity contribution in [2.24, 2.45) is 9.98 Å². The first-order valence-electron chi connectivity index (χ1n) is 15.8. The van der Waals surface area contributed by atoms with E-state index in [1.54, 1.807) is 58.3 Å². The van der Waals surface area contributed by atoms with Crippen LogP contribution in [0.3, 0.4) is 0 Å². The predicted octanol–water partition coefficient (Wildman–Crippen LogP) is 6.24. The highest BCUT2D eigenvalue weighted by molar-refractivity contribution is 6.10. The molecule has 3 rings (SSSR count). The maximum absolute atomic E-state index is 12.9. The van der Waals surface area contributed by atoms with Crippen LogP contribution in [0.1, 0.15) is 86.2 Å². The zero-order valence-electron chi connectivity index (χ0n) is 27.6. The fourth-order valence-electron chi connectivity index (χ4n) is 4.82. The minimum absolute atomic E-state index is 0.00176. The molecule has 0 saturated heterocycles. The van der Waals surface area contributed by atoms with Gasteiger partial charge in [-0.3, -0.25) is 39.0 Å². The van der Waals surface area contributed by atoms with Crippen molar-refractivity contribution < 1.29 is 19.2 Å². The largest absolute Gasteiger partial charge is 0.322 e. The normalized spacial score (nSPS) is 11.5. The summed E-state index contributed by atoms with van der Waals surface area (Å²) in [5.41, 5.74) is 3.55. The lowest BCUT2D eigenvalue weighted by atomic mass is 10.1. The Hall–Kier alpha value is -5.12. The number of hydrogen-bond acceptors (Lipinski definition) is 6. The summed E-state index contributed by atoms with van der Waals surface area (Å²) in [6, 6.07) is 20.8. The maximum atomic E-state index is 12.9. The summed E-state index contributed by atoms with van der Waals surface area (Å²) < 4.78 is 0. The van der Waals surface area contributed by atoms with E-state index in [1.165, 1.54) is 0 Å². The van der Waals surface area contributed by atoms with Gasteiger partial charge in [-0.25, -0.2) is 0 Å². The summed E-state index contributed by atoms with van der Waals surface area (Å²) in [5.74, 6) is 0.585. The smallest absolute Gasteiger partial charge is 0.255 e. The van der Waals surface area contributed by atoms with Crippen molar-refractivity contribution in [3.05, 3.63) is 95.1 Å². The summed E-state index contributed by atoms with van der Waals surface area (Å²) in [5, 5.41) is 5.75. The van der Waals surface area contributed by atoms with Crippen molar-refractivity contribution >= 4 is 46.7 Å². The monoisotopic (exact) mass is 624 g/mol. The number of carbonyl (C=O) groups excluding carboxylic acids is 4. The number of benzene rings is 3. The second-order valence-corrected chi connectivity index (χ2v) is 10.2. The van der Waals surface area contributed by atoms with Crippen LogP contribution in [0.15, 0.2) is 82.8 Å². The first-order valence-corrected chi connectivity index (χ1v) is 15.8. The van der Waals surface area contributed by atoms with Gasteiger partial charge in [-0.2, -0.15) is 0 Å². The van der Waals surface area contributed by atoms with Gasteiger partial charge in [-0.15, -0.1) is 0 Å². The standard InChI is InChI=1S/C36H44N6O4/c1-7-31(43)41(11-5)33(37-9-3)25-17-21-29(22-18-25)39-35(45)27-13-15-28(16-14-27)36(46)40-30-23-19-26(20-24-30)34(38-10-4)42(12-6)32(44)8-2/h13-24H,7-12H2,1-6H3,(H,39,45)(H,40,46). The van der Waals surface area contributed by atoms with Crippen molar-refractivity contribution in [2.45, 2.75) is 54.4 Å². The molecule has 4 amide bonds. The molecular weight excluding hydrogens is 580 g/mol. The first-order chi connectivity index (χ1) is 22.2. The van der Waals surface area contributed by atoms with Crippen LogP contribution in [0.4, 0.5) is 11.4 Å². The Kier molecular flexibility index (Phi) is 13.4. The number of carbonyl (C=O) groups is 4. The molecule has 2 N–H and O–H groups in total. The Bertz CT molecular complexity index is 1440. The van der Waals surface area contributed by atoms with Crippen LogP contribution >= 0.6 is 0 Å². The number of hydrogen-bond donors (Lipinski definition) is 2. The molecule has 0 atom stereocenters. The molecule has 0 aromatic heterocycles. The molecule has 46 heavy (non-hydrogen) atoms. The third kappa shape index (κ3) is 8.97. The third-order valence-electron chi connectivity index (χ3n) is 7.18. The van der Waals surface area contributed by atoms with E-state index in [9.17, 15) is 19.2 Å². The van der Waals surface area contributed by atoms with Crippen LogP contribution in [0.5, 0.6) is 0 Å². The highest BCUT2D eigenvalue weighted by Crippen LogP contribution is 2.17. The lowest BCUT2D eigenvalue weighted by Crippen LogP contribution is -2.37. The third-order valence-corrected chi connectivity index (χ3v) is 7.18. The molecule has 242 valence electrons. The van der Waals surface area contributed by atoms with Crippen molar-refractivity contribution in [3.63, 3.8) is 0 Å². The van der Waals surface area contributed by atoms with E-state index in [4.69, 9.17) is 0 Å². The molecule has 0 fully saturated rings. The molecule has 0 bridgehead atoms. The molecule has 0 aliphatic heterocycles. The van der Waals surface area contributed by atoms with Crippen molar-refractivity contribution in [1.29, 1.82) is 0 Å². The Morgan fingerprint density at radius 2 is 0.804 bits per heavy atom. The number of amidine groups is 2. The Morgan fingerprint density at radius 3 is 1.07 bits per heavy atom. The average molecular weight is 625 g/mol. The molecule has 0 aliphatic rings. The van der Waals surface area contributed by atoms with Crippen LogP contribution in [0, 0.1) is 0 Å². The molecule has 3 aromatic rings. The van der Waals surface area contributed by atoms with Crippen LogP contribution in [0.25, 0.3) is 0 Å². The topological polar surface area (TPSA) is 124 Å². The minimum atomic E-state index is -0.318. The van der Waals surface area contributed by atoms with E-state index in [0.717, 1.165) is 11.1 Å². The number of aliphatic imine (C=N–C) groups is 2. The van der Waals surface area contributed by atoms with E-state index < -0.39 is 0 Å². The molecule has 0 aliphatic carbocycles. The summed E-state index contributed by atoms with van der Waals surface area (Å²) >= 11 is 0. The number of rotatable bonds is 12. The predicted molar refractivity (Wildman–Crippen MR) is 185 cm³/mol. The average Bonchev–Trinajstić information content (AvgIpc) is 3.08. The van der Waals surface area contributed by atoms with Gasteiger partial charge in [0.2, 0.25) is 11.8 Å². The van der Waals surface area contributed by atoms with Gasteiger partial charge in [0, 0.05) is 72.6 Å². The van der Waals surface area contributed by atoms with Gasteiger partial charge in [0.1, 0.15) is 11.7 Å². The maximum Gasteiger partial charge on any atom is 0.255 e. The lowest BCUT2D eigenvalue weighted by Gasteiger charge is -2.23. The molecular formula is C36H44N6O4. The van der Waals surface area contributed by atoms with Gasteiger partial charge in [0.05, 0.1) is 0 Å². The van der Waals surface area contributed by atoms with Gasteiger partial charge in [0.25, 0.3) is 11.8 Å². The quantitative estimate of drug-likeness (QED) is 0.183. The Labute approximate surface area is 271 Å². The zero-order chi connectivity index (χ0) is 33.6. The molecule has 0 heterocycles. The molecule has 0 radical (unpaired) electrons. The Morgan fingerprint density at radius 1 is 0.500 bits per heavy atom. The second kappa shape index (κ2) is 17.4. The fourth-order valence-corrected chi connectivity index (χ4v) is 4.82. The SMILES string of the molecule is CCN=C(c1ccc(NC(=O)c2ccc(C(=O)Nc3ccc(C(=NCC)N(CC)C(=O)CC)cc3)cc2)cc1)N(CC)C(=O)CC. The van der Waals surface area contributed by atoms with E-state index in [2.05, 4.69) is 20.6 Å². The van der Waals surface area contributed by atoms with Gasteiger partial charge in [-0.05, 0) is 100 Å². The minimum Gasteiger partial charge on any atom is -0.322 e. The van der Waals surface area contributed by atoms with Gasteiger partial charge in [0.15, 0.2) is 0 Å². The van der Waals surface area contributed by atoms with E-state index in [1.807, 2.05) is 65.8 Å². The van der Waals surface area contributed by atoms with E-state index in [-0.39, 0.29) is 23.6 Å². The fraction of sp³-hybridized carbons (Fsp3) is 0.333. The van der Waals surface area contributed by atoms with E-state index in [0.29, 0.717) is 73.2 Å². The molecule has 10 nitrogen and oxygen atoms in total. The van der Waals surface area contributed by atoms with Crippen molar-refractivity contribution in [3.8, 4) is 0 Å². The van der Waals surface area contributed by atoms with Crippen LogP contribution in [0.2, 0.25) is 0 Å². The van der Waals surface area contributed by atoms with Crippen LogP contribution < -0.4 is 10.6 Å². The Balaban J connectivity index is 1.66. The first kappa shape index (κ1) is 35.4. The highest BCUT2D eigenvalue weighted by Gasteiger charge is 2.19. The van der Waals surface area contributed by atoms with Crippen molar-refractivity contribution in [2.75, 3.05) is 36.8 Å². The van der Waals surface area contributed by atoms with Crippen LogP contribution in [-0.2, 0) is 9.59 Å². The van der Waals surface area contributed by atoms with Crippen molar-refractivity contribution in [1.82, 2.24) is 9.80 Å². The van der Waals surface area contributed by atoms with Gasteiger partial charge in [-0.1, -0.05) is 13.8 Å². The summed E-state index contributed by atoms with van der Waals surface area (Å²) in [6.45, 7) is 13.4. The molecule has 0 unspecified atom stereocenters. The summed E-state index contributed by atoms with van der Waals surface area (Å²) in [7, 11) is 0. The molecule has 3 aromatic carbocycles. The summed E-state index contributed by atoms with van der Waals surface area (Å²) in [6.07, 6.45) is 0.768. The summed E-state index contributed by atoms with van der Waals surface area (Å²) in [4.78, 5) is 63.1. The number of nitrogens with zero attached hydrogens (tertiary/aromatic N) is 4. The molecule has 0 spiro atoms. The zero-order valence-corrected chi connectivity index (χ0v) is 27.6. The van der Waals surface area contributed by atoms with Gasteiger partial charge < -0.3 is 10.6 Å². The lowest BCUT2D eigenvalue weighted by molar-refractivity contribution is -0.127. The van der Waals surface area contributed by atoms with Crippen LogP contribution in [-0.4, -0.2) is 71.3 Å². The van der Waals surface area contributed by atoms with Gasteiger partial charge >= 0.3 is 0 Å². The van der Waals surface area contributed by atoms with E-state index >= 15 is 0 Å². The molecule has 0 saturated carbocycles. The second-order valence-electron chi connectivity index (χ2n) is 10.2. The molecule has 10 heteroatoms. The number of anilines is 2.